The van der Waals surface area contributed by atoms with Gasteiger partial charge in [0.2, 0.25) is 11.8 Å². The summed E-state index contributed by atoms with van der Waals surface area (Å²) in [6.07, 6.45) is 0.203. The molecule has 2 rings (SSSR count). The Morgan fingerprint density at radius 1 is 1.45 bits per heavy atom. The Labute approximate surface area is 118 Å². The molecule has 20 heavy (non-hydrogen) atoms. The van der Waals surface area contributed by atoms with Gasteiger partial charge < -0.3 is 5.32 Å². The molecule has 1 aromatic carbocycles. The molecular formula is C15H17N3O2. The molecule has 5 nitrogen and oxygen atoms in total. The van der Waals surface area contributed by atoms with Gasteiger partial charge >= 0.3 is 0 Å². The fourth-order valence-electron chi connectivity index (χ4n) is 2.34. The SMILES string of the molecule is CC(C)N1C(=O)CC(NCc2cccc(C#N)c2)C1=O. The monoisotopic (exact) mass is 271 g/mol. The smallest absolute Gasteiger partial charge is 0.247 e. The van der Waals surface area contributed by atoms with Crippen molar-refractivity contribution < 1.29 is 9.59 Å². The Morgan fingerprint density at radius 3 is 2.80 bits per heavy atom. The maximum Gasteiger partial charge on any atom is 0.247 e. The number of rotatable bonds is 4. The summed E-state index contributed by atoms with van der Waals surface area (Å²) < 4.78 is 0. The van der Waals surface area contributed by atoms with E-state index in [9.17, 15) is 9.59 Å². The molecular weight excluding hydrogens is 254 g/mol. The first kappa shape index (κ1) is 14.2. The van der Waals surface area contributed by atoms with Gasteiger partial charge in [0, 0.05) is 12.6 Å². The lowest BCUT2D eigenvalue weighted by Crippen LogP contribution is -2.41. The molecule has 1 fully saturated rings. The molecule has 0 bridgehead atoms. The number of likely N-dealkylation sites (tertiary alicyclic amines) is 1. The van der Waals surface area contributed by atoms with Gasteiger partial charge in [-0.1, -0.05) is 12.1 Å². The normalized spacial score (nSPS) is 18.7. The second-order valence-electron chi connectivity index (χ2n) is 5.15. The zero-order chi connectivity index (χ0) is 14.7. The summed E-state index contributed by atoms with van der Waals surface area (Å²) in [5.41, 5.74) is 1.51. The lowest BCUT2D eigenvalue weighted by molar-refractivity contribution is -0.140. The lowest BCUT2D eigenvalue weighted by atomic mass is 10.1. The molecule has 1 aromatic rings. The number of benzene rings is 1. The molecule has 5 heteroatoms. The van der Waals surface area contributed by atoms with Gasteiger partial charge in [-0.25, -0.2) is 0 Å². The highest BCUT2D eigenvalue weighted by Gasteiger charge is 2.39. The van der Waals surface area contributed by atoms with Gasteiger partial charge in [-0.2, -0.15) is 5.26 Å². The highest BCUT2D eigenvalue weighted by atomic mass is 16.2. The van der Waals surface area contributed by atoms with Crippen LogP contribution in [0.2, 0.25) is 0 Å². The maximum atomic E-state index is 12.1. The summed E-state index contributed by atoms with van der Waals surface area (Å²) in [5.74, 6) is -0.297. The summed E-state index contributed by atoms with van der Waals surface area (Å²) in [7, 11) is 0. The topological polar surface area (TPSA) is 73.2 Å². The minimum Gasteiger partial charge on any atom is -0.301 e. The Hall–Kier alpha value is -2.19. The molecule has 1 aliphatic rings. The van der Waals surface area contributed by atoms with Crippen LogP contribution in [0.15, 0.2) is 24.3 Å². The van der Waals surface area contributed by atoms with E-state index in [-0.39, 0.29) is 24.3 Å². The van der Waals surface area contributed by atoms with Crippen LogP contribution in [0.25, 0.3) is 0 Å². The number of carbonyl (C=O) groups is 2. The zero-order valence-electron chi connectivity index (χ0n) is 11.6. The molecule has 0 aromatic heterocycles. The van der Waals surface area contributed by atoms with Gasteiger partial charge in [-0.05, 0) is 31.5 Å². The minimum absolute atomic E-state index is 0.108. The fourth-order valence-corrected chi connectivity index (χ4v) is 2.34. The predicted molar refractivity (Wildman–Crippen MR) is 73.4 cm³/mol. The third kappa shape index (κ3) is 2.86. The number of nitrogens with zero attached hydrogens (tertiary/aromatic N) is 2. The van der Waals surface area contributed by atoms with Crippen molar-refractivity contribution in [3.63, 3.8) is 0 Å². The number of imide groups is 1. The summed E-state index contributed by atoms with van der Waals surface area (Å²) in [6, 6.07) is 8.70. The number of carbonyl (C=O) groups excluding carboxylic acids is 2. The average Bonchev–Trinajstić information content (AvgIpc) is 2.71. The maximum absolute atomic E-state index is 12.1. The van der Waals surface area contributed by atoms with Gasteiger partial charge in [-0.15, -0.1) is 0 Å². The second-order valence-corrected chi connectivity index (χ2v) is 5.15. The number of hydrogen-bond acceptors (Lipinski definition) is 4. The quantitative estimate of drug-likeness (QED) is 0.835. The molecule has 0 radical (unpaired) electrons. The number of hydrogen-bond donors (Lipinski definition) is 1. The first-order chi connectivity index (χ1) is 9.52. The fraction of sp³-hybridized carbons (Fsp3) is 0.400. The van der Waals surface area contributed by atoms with E-state index in [1.807, 2.05) is 19.9 Å². The number of nitriles is 1. The van der Waals surface area contributed by atoms with Crippen LogP contribution in [0.4, 0.5) is 0 Å². The lowest BCUT2D eigenvalue weighted by Gasteiger charge is -2.19. The van der Waals surface area contributed by atoms with Crippen molar-refractivity contribution in [1.82, 2.24) is 10.2 Å². The highest BCUT2D eigenvalue weighted by Crippen LogP contribution is 2.16. The molecule has 1 N–H and O–H groups in total. The van der Waals surface area contributed by atoms with Crippen molar-refractivity contribution >= 4 is 11.8 Å². The van der Waals surface area contributed by atoms with E-state index in [0.717, 1.165) is 5.56 Å². The molecule has 1 heterocycles. The zero-order valence-corrected chi connectivity index (χ0v) is 11.6. The van der Waals surface area contributed by atoms with Crippen molar-refractivity contribution in [3.8, 4) is 6.07 Å². The molecule has 2 amide bonds. The van der Waals surface area contributed by atoms with Gasteiger partial charge in [0.05, 0.1) is 24.1 Å². The Bertz CT molecular complexity index is 575. The van der Waals surface area contributed by atoms with E-state index in [4.69, 9.17) is 5.26 Å². The first-order valence-electron chi connectivity index (χ1n) is 6.61. The van der Waals surface area contributed by atoms with Crippen LogP contribution in [0.1, 0.15) is 31.4 Å². The largest absolute Gasteiger partial charge is 0.301 e. The molecule has 1 aliphatic heterocycles. The standard InChI is InChI=1S/C15H17N3O2/c1-10(2)18-14(19)7-13(15(18)20)17-9-12-5-3-4-11(6-12)8-16/h3-6,10,13,17H,7,9H2,1-2H3. The van der Waals surface area contributed by atoms with Crippen LogP contribution in [0.3, 0.4) is 0 Å². The Morgan fingerprint density at radius 2 is 2.20 bits per heavy atom. The highest BCUT2D eigenvalue weighted by molar-refractivity contribution is 6.05. The van der Waals surface area contributed by atoms with Crippen LogP contribution in [0, 0.1) is 11.3 Å². The van der Waals surface area contributed by atoms with Crippen molar-refractivity contribution in [2.24, 2.45) is 0 Å². The summed E-state index contributed by atoms with van der Waals surface area (Å²) in [4.78, 5) is 25.2. The molecule has 0 aliphatic carbocycles. The molecule has 1 saturated heterocycles. The molecule has 1 atom stereocenters. The molecule has 1 unspecified atom stereocenters. The summed E-state index contributed by atoms with van der Waals surface area (Å²) >= 11 is 0. The van der Waals surface area contributed by atoms with E-state index >= 15 is 0 Å². The van der Waals surface area contributed by atoms with Crippen LogP contribution < -0.4 is 5.32 Å². The molecule has 0 saturated carbocycles. The summed E-state index contributed by atoms with van der Waals surface area (Å²) in [5, 5.41) is 11.9. The Kier molecular flexibility index (Phi) is 4.16. The third-order valence-electron chi connectivity index (χ3n) is 3.31. The number of nitrogens with one attached hydrogen (secondary N) is 1. The van der Waals surface area contributed by atoms with Crippen LogP contribution in [0.5, 0.6) is 0 Å². The van der Waals surface area contributed by atoms with Crippen LogP contribution >= 0.6 is 0 Å². The number of amides is 2. The predicted octanol–water partition coefficient (Wildman–Crippen LogP) is 1.18. The van der Waals surface area contributed by atoms with E-state index in [2.05, 4.69) is 11.4 Å². The first-order valence-corrected chi connectivity index (χ1v) is 6.61. The van der Waals surface area contributed by atoms with E-state index < -0.39 is 6.04 Å². The van der Waals surface area contributed by atoms with Crippen molar-refractivity contribution in [2.45, 2.75) is 38.9 Å². The van der Waals surface area contributed by atoms with Gasteiger partial charge in [0.15, 0.2) is 0 Å². The van der Waals surface area contributed by atoms with Gasteiger partial charge in [-0.3, -0.25) is 14.5 Å². The van der Waals surface area contributed by atoms with Gasteiger partial charge in [0.1, 0.15) is 0 Å². The third-order valence-corrected chi connectivity index (χ3v) is 3.31. The van der Waals surface area contributed by atoms with Gasteiger partial charge in [0.25, 0.3) is 0 Å². The van der Waals surface area contributed by atoms with E-state index in [1.165, 1.54) is 4.90 Å². The molecule has 104 valence electrons. The van der Waals surface area contributed by atoms with E-state index in [1.54, 1.807) is 18.2 Å². The molecule has 0 spiro atoms. The minimum atomic E-state index is -0.462. The van der Waals surface area contributed by atoms with Crippen molar-refractivity contribution in [2.75, 3.05) is 0 Å². The average molecular weight is 271 g/mol. The van der Waals surface area contributed by atoms with Crippen LogP contribution in [-0.4, -0.2) is 28.8 Å². The Balaban J connectivity index is 2.00. The second kappa shape index (κ2) is 5.85. The summed E-state index contributed by atoms with van der Waals surface area (Å²) in [6.45, 7) is 4.12. The van der Waals surface area contributed by atoms with Crippen LogP contribution in [-0.2, 0) is 16.1 Å². The van der Waals surface area contributed by atoms with E-state index in [0.29, 0.717) is 12.1 Å². The van der Waals surface area contributed by atoms with Crippen molar-refractivity contribution in [1.29, 1.82) is 5.26 Å². The van der Waals surface area contributed by atoms with Crippen molar-refractivity contribution in [3.05, 3.63) is 35.4 Å².